The van der Waals surface area contributed by atoms with E-state index in [1.807, 2.05) is 24.5 Å². The van der Waals surface area contributed by atoms with Gasteiger partial charge in [0.15, 0.2) is 5.16 Å². The number of likely N-dealkylation sites (tertiary alicyclic amines) is 1. The summed E-state index contributed by atoms with van der Waals surface area (Å²) in [4.78, 5) is 19.6. The first-order valence-electron chi connectivity index (χ1n) is 8.86. The Morgan fingerprint density at radius 2 is 2.00 bits per heavy atom. The summed E-state index contributed by atoms with van der Waals surface area (Å²) in [7, 11) is 0. The van der Waals surface area contributed by atoms with Gasteiger partial charge in [0.25, 0.3) is 0 Å². The smallest absolute Gasteiger partial charge is 0.187 e. The molecule has 4 rings (SSSR count). The number of H-pyrrole nitrogens is 1. The molecule has 1 N–H and O–H groups in total. The molecule has 3 heterocycles. The van der Waals surface area contributed by atoms with Crippen molar-refractivity contribution in [3.8, 4) is 0 Å². The van der Waals surface area contributed by atoms with E-state index >= 15 is 0 Å². The van der Waals surface area contributed by atoms with Crippen LogP contribution in [-0.2, 0) is 6.54 Å². The summed E-state index contributed by atoms with van der Waals surface area (Å²) < 4.78 is 0. The molecular weight excluding hydrogens is 330 g/mol. The molecule has 6 heteroatoms. The highest BCUT2D eigenvalue weighted by molar-refractivity contribution is 7.99. The first kappa shape index (κ1) is 16.5. The molecule has 0 radical (unpaired) electrons. The normalized spacial score (nSPS) is 16.9. The number of thioether (sulfide) groups is 1. The molecule has 0 amide bonds. The molecule has 2 aromatic heterocycles. The van der Waals surface area contributed by atoms with Gasteiger partial charge in [-0.1, -0.05) is 37.7 Å². The molecule has 1 aromatic carbocycles. The maximum atomic E-state index is 4.71. The van der Waals surface area contributed by atoms with Gasteiger partial charge in [-0.2, -0.15) is 0 Å². The van der Waals surface area contributed by atoms with Crippen molar-refractivity contribution in [1.82, 2.24) is 24.8 Å². The van der Waals surface area contributed by atoms with Gasteiger partial charge in [-0.3, -0.25) is 4.90 Å². The third-order valence-electron chi connectivity index (χ3n) is 4.72. The van der Waals surface area contributed by atoms with Crippen LogP contribution in [-0.4, -0.2) is 43.2 Å². The third-order valence-corrected chi connectivity index (χ3v) is 5.88. The Kier molecular flexibility index (Phi) is 4.72. The van der Waals surface area contributed by atoms with Crippen LogP contribution < -0.4 is 0 Å². The van der Waals surface area contributed by atoms with Crippen molar-refractivity contribution in [3.05, 3.63) is 48.0 Å². The first-order valence-corrected chi connectivity index (χ1v) is 9.74. The van der Waals surface area contributed by atoms with Gasteiger partial charge in [-0.05, 0) is 18.6 Å². The number of nitrogens with zero attached hydrogens (tertiary/aromatic N) is 4. The second kappa shape index (κ2) is 7.14. The Hall–Kier alpha value is -1.92. The molecule has 1 fully saturated rings. The topological polar surface area (TPSA) is 57.7 Å². The zero-order chi connectivity index (χ0) is 17.2. The van der Waals surface area contributed by atoms with E-state index in [4.69, 9.17) is 4.98 Å². The van der Waals surface area contributed by atoms with Crippen molar-refractivity contribution in [2.75, 3.05) is 13.1 Å². The van der Waals surface area contributed by atoms with Crippen molar-refractivity contribution in [2.45, 2.75) is 43.1 Å². The van der Waals surface area contributed by atoms with E-state index in [9.17, 15) is 0 Å². The van der Waals surface area contributed by atoms with Crippen LogP contribution in [0.25, 0.3) is 11.0 Å². The van der Waals surface area contributed by atoms with E-state index in [1.54, 1.807) is 11.8 Å². The number of nitrogens with one attached hydrogen (secondary N) is 1. The van der Waals surface area contributed by atoms with Gasteiger partial charge in [-0.15, -0.1) is 0 Å². The number of aromatic amines is 1. The lowest BCUT2D eigenvalue weighted by atomic mass is 9.99. The van der Waals surface area contributed by atoms with Gasteiger partial charge >= 0.3 is 0 Å². The molecular formula is C19H23N5S. The number of hydrogen-bond donors (Lipinski definition) is 1. The molecule has 0 spiro atoms. The second-order valence-corrected chi connectivity index (χ2v) is 8.15. The summed E-state index contributed by atoms with van der Waals surface area (Å²) in [5.74, 6) is 1.60. The Bertz CT molecular complexity index is 805. The minimum absolute atomic E-state index is 0.494. The van der Waals surface area contributed by atoms with Gasteiger partial charge in [0.2, 0.25) is 0 Å². The summed E-state index contributed by atoms with van der Waals surface area (Å²) in [6, 6.07) is 8.21. The van der Waals surface area contributed by atoms with Crippen LogP contribution in [0.2, 0.25) is 0 Å². The summed E-state index contributed by atoms with van der Waals surface area (Å²) in [6.45, 7) is 7.37. The van der Waals surface area contributed by atoms with E-state index in [-0.39, 0.29) is 0 Å². The number of rotatable bonds is 6. The minimum Gasteiger partial charge on any atom is -0.342 e. The van der Waals surface area contributed by atoms with Crippen LogP contribution in [0.15, 0.2) is 41.8 Å². The number of fused-ring (bicyclic) bond motifs is 1. The highest BCUT2D eigenvalue weighted by atomic mass is 32.2. The van der Waals surface area contributed by atoms with Crippen LogP contribution in [0.3, 0.4) is 0 Å². The maximum Gasteiger partial charge on any atom is 0.187 e. The summed E-state index contributed by atoms with van der Waals surface area (Å²) in [6.07, 6.45) is 5.06. The largest absolute Gasteiger partial charge is 0.342 e. The third kappa shape index (κ3) is 3.70. The van der Waals surface area contributed by atoms with Crippen molar-refractivity contribution in [3.63, 3.8) is 0 Å². The van der Waals surface area contributed by atoms with Gasteiger partial charge < -0.3 is 4.98 Å². The average Bonchev–Trinajstić information content (AvgIpc) is 3.02. The van der Waals surface area contributed by atoms with Crippen LogP contribution in [0.1, 0.15) is 37.6 Å². The van der Waals surface area contributed by atoms with Gasteiger partial charge in [0.05, 0.1) is 11.0 Å². The van der Waals surface area contributed by atoms with E-state index in [0.29, 0.717) is 11.2 Å². The predicted octanol–water partition coefficient (Wildman–Crippen LogP) is 3.84. The maximum absolute atomic E-state index is 4.71. The monoisotopic (exact) mass is 353 g/mol. The molecule has 3 aromatic rings. The van der Waals surface area contributed by atoms with Crippen LogP contribution >= 0.6 is 11.8 Å². The van der Waals surface area contributed by atoms with Gasteiger partial charge in [0, 0.05) is 48.8 Å². The van der Waals surface area contributed by atoms with Crippen LogP contribution in [0, 0.1) is 0 Å². The van der Waals surface area contributed by atoms with Crippen LogP contribution in [0.5, 0.6) is 0 Å². The first-order chi connectivity index (χ1) is 12.2. The summed E-state index contributed by atoms with van der Waals surface area (Å²) in [5.41, 5.74) is 3.36. The molecule has 1 aliphatic heterocycles. The molecule has 1 unspecified atom stereocenters. The van der Waals surface area contributed by atoms with Gasteiger partial charge in [0.1, 0.15) is 5.82 Å². The number of benzene rings is 1. The lowest BCUT2D eigenvalue weighted by Crippen LogP contribution is -2.44. The SMILES string of the molecule is CCC(C)Sc1ncc(CN2CC(c3nc4ccccc4[nH]3)C2)cn1. The highest BCUT2D eigenvalue weighted by Gasteiger charge is 2.30. The average molecular weight is 353 g/mol. The van der Waals surface area contributed by atoms with E-state index in [1.165, 1.54) is 5.56 Å². The molecule has 1 saturated heterocycles. The molecule has 25 heavy (non-hydrogen) atoms. The lowest BCUT2D eigenvalue weighted by Gasteiger charge is -2.38. The Balaban J connectivity index is 1.32. The molecule has 0 saturated carbocycles. The number of hydrogen-bond acceptors (Lipinski definition) is 5. The van der Waals surface area contributed by atoms with Crippen molar-refractivity contribution in [1.29, 1.82) is 0 Å². The summed E-state index contributed by atoms with van der Waals surface area (Å²) >= 11 is 1.74. The molecule has 0 bridgehead atoms. The molecule has 0 aliphatic carbocycles. The van der Waals surface area contributed by atoms with E-state index < -0.39 is 0 Å². The fraction of sp³-hybridized carbons (Fsp3) is 0.421. The zero-order valence-electron chi connectivity index (χ0n) is 14.6. The number of imidazole rings is 1. The van der Waals surface area contributed by atoms with E-state index in [2.05, 4.69) is 45.8 Å². The minimum atomic E-state index is 0.494. The quantitative estimate of drug-likeness (QED) is 0.539. The molecule has 1 atom stereocenters. The molecule has 130 valence electrons. The van der Waals surface area contributed by atoms with Gasteiger partial charge in [-0.25, -0.2) is 15.0 Å². The van der Waals surface area contributed by atoms with Crippen molar-refractivity contribution in [2.24, 2.45) is 0 Å². The van der Waals surface area contributed by atoms with E-state index in [0.717, 1.165) is 48.1 Å². The summed E-state index contributed by atoms with van der Waals surface area (Å²) in [5, 5.41) is 1.44. The van der Waals surface area contributed by atoms with Crippen molar-refractivity contribution < 1.29 is 0 Å². The zero-order valence-corrected chi connectivity index (χ0v) is 15.5. The predicted molar refractivity (Wildman–Crippen MR) is 102 cm³/mol. The standard InChI is InChI=1S/C19H23N5S/c1-3-13(2)25-19-20-8-14(9-21-19)10-24-11-15(12-24)18-22-16-6-4-5-7-17(16)23-18/h4-9,13,15H,3,10-12H2,1-2H3,(H,22,23). The number of aromatic nitrogens is 4. The molecule has 5 nitrogen and oxygen atoms in total. The Morgan fingerprint density at radius 3 is 2.72 bits per heavy atom. The fourth-order valence-electron chi connectivity index (χ4n) is 3.04. The Morgan fingerprint density at radius 1 is 1.24 bits per heavy atom. The Labute approximate surface area is 152 Å². The molecule has 1 aliphatic rings. The fourth-order valence-corrected chi connectivity index (χ4v) is 3.80. The second-order valence-electron chi connectivity index (χ2n) is 6.74. The lowest BCUT2D eigenvalue weighted by molar-refractivity contribution is 0.135. The highest BCUT2D eigenvalue weighted by Crippen LogP contribution is 2.28. The van der Waals surface area contributed by atoms with Crippen molar-refractivity contribution >= 4 is 22.8 Å². The number of para-hydroxylation sites is 2. The van der Waals surface area contributed by atoms with Crippen LogP contribution in [0.4, 0.5) is 0 Å².